The summed E-state index contributed by atoms with van der Waals surface area (Å²) in [7, 11) is 0. The van der Waals surface area contributed by atoms with E-state index >= 15 is 0 Å². The summed E-state index contributed by atoms with van der Waals surface area (Å²) in [5.74, 6) is -1.05. The molecule has 0 amide bonds. The predicted octanol–water partition coefficient (Wildman–Crippen LogP) is 20.8. The Bertz CT molecular complexity index is 1660. The van der Waals surface area contributed by atoms with E-state index in [9.17, 15) is 14.4 Å². The van der Waals surface area contributed by atoms with Gasteiger partial charge in [-0.3, -0.25) is 14.4 Å². The van der Waals surface area contributed by atoms with Crippen LogP contribution in [0.3, 0.4) is 0 Å². The Morgan fingerprint density at radius 1 is 0.280 bits per heavy atom. The molecule has 0 saturated heterocycles. The first-order valence-corrected chi connectivity index (χ1v) is 30.3. The molecule has 0 fully saturated rings. The zero-order valence-electron chi connectivity index (χ0n) is 48.3. The number of esters is 3. The lowest BCUT2D eigenvalue weighted by atomic mass is 10.1. The van der Waals surface area contributed by atoms with Crippen LogP contribution in [0.2, 0.25) is 0 Å². The van der Waals surface area contributed by atoms with Gasteiger partial charge in [-0.25, -0.2) is 0 Å². The summed E-state index contributed by atoms with van der Waals surface area (Å²) in [6.45, 7) is 6.31. The fourth-order valence-corrected chi connectivity index (χ4v) is 7.84. The molecule has 1 unspecified atom stereocenters. The van der Waals surface area contributed by atoms with E-state index in [4.69, 9.17) is 14.2 Å². The number of rotatable bonds is 53. The highest BCUT2D eigenvalue weighted by atomic mass is 16.6. The van der Waals surface area contributed by atoms with Crippen molar-refractivity contribution in [3.05, 3.63) is 146 Å². The predicted molar refractivity (Wildman–Crippen MR) is 325 cm³/mol. The van der Waals surface area contributed by atoms with Gasteiger partial charge in [-0.15, -0.1) is 0 Å². The maximum absolute atomic E-state index is 12.9. The van der Waals surface area contributed by atoms with Crippen molar-refractivity contribution in [3.63, 3.8) is 0 Å². The van der Waals surface area contributed by atoms with Crippen molar-refractivity contribution in [2.75, 3.05) is 13.2 Å². The van der Waals surface area contributed by atoms with Gasteiger partial charge in [0.25, 0.3) is 0 Å². The average molecular weight is 1040 g/mol. The summed E-state index contributed by atoms with van der Waals surface area (Å²) in [6.07, 6.45) is 88.5. The molecule has 0 aromatic carbocycles. The third kappa shape index (κ3) is 60.0. The van der Waals surface area contributed by atoms with Gasteiger partial charge in [-0.05, 0) is 128 Å². The van der Waals surface area contributed by atoms with Crippen molar-refractivity contribution in [2.45, 2.75) is 258 Å². The minimum atomic E-state index is -0.835. The minimum Gasteiger partial charge on any atom is -0.462 e. The first kappa shape index (κ1) is 70.3. The Balaban J connectivity index is 4.58. The molecule has 0 heterocycles. The van der Waals surface area contributed by atoms with Crippen molar-refractivity contribution in [3.8, 4) is 0 Å². The Kier molecular flexibility index (Phi) is 58.0. The van der Waals surface area contributed by atoms with Crippen LogP contribution in [0.25, 0.3) is 0 Å². The van der Waals surface area contributed by atoms with Gasteiger partial charge in [-0.2, -0.15) is 0 Å². The topological polar surface area (TPSA) is 78.9 Å². The zero-order chi connectivity index (χ0) is 54.3. The molecule has 0 aromatic rings. The van der Waals surface area contributed by atoms with Crippen molar-refractivity contribution >= 4 is 17.9 Å². The molecule has 0 aliphatic heterocycles. The third-order valence-electron chi connectivity index (χ3n) is 12.3. The molecule has 75 heavy (non-hydrogen) atoms. The number of ether oxygens (including phenoxy) is 3. The van der Waals surface area contributed by atoms with E-state index in [1.54, 1.807) is 0 Å². The van der Waals surface area contributed by atoms with Crippen LogP contribution < -0.4 is 0 Å². The molecular formula is C69H110O6. The van der Waals surface area contributed by atoms with Gasteiger partial charge in [0.1, 0.15) is 13.2 Å². The smallest absolute Gasteiger partial charge is 0.306 e. The molecule has 0 rings (SSSR count). The second-order valence-corrected chi connectivity index (χ2v) is 19.5. The molecule has 0 spiro atoms. The molecule has 0 radical (unpaired) electrons. The fourth-order valence-electron chi connectivity index (χ4n) is 7.84. The summed E-state index contributed by atoms with van der Waals surface area (Å²) in [6, 6.07) is 0. The van der Waals surface area contributed by atoms with Crippen molar-refractivity contribution in [2.24, 2.45) is 0 Å². The van der Waals surface area contributed by atoms with E-state index in [0.29, 0.717) is 19.3 Å². The number of allylic oxidation sites excluding steroid dienone is 24. The van der Waals surface area contributed by atoms with E-state index in [2.05, 4.69) is 161 Å². The lowest BCUT2D eigenvalue weighted by molar-refractivity contribution is -0.166. The number of unbranched alkanes of at least 4 members (excludes halogenated alkanes) is 18. The highest BCUT2D eigenvalue weighted by molar-refractivity contribution is 5.71. The highest BCUT2D eigenvalue weighted by Crippen LogP contribution is 2.14. The standard InChI is InChI=1S/C69H110O6/c1-4-7-10-13-16-19-22-25-28-31-34-37-40-43-46-49-52-55-58-61-67(70)73-64-66(75-69(72)63-60-57-54-51-48-45-42-39-36-33-30-27-24-21-18-15-12-9-6-3)65-74-68(71)62-59-56-53-50-47-44-41-38-35-32-29-26-23-20-17-14-11-8-5-2/h7,9-10,12,16,18-19,21,25-30,34,36-37,39,43,45-46,48,52,55,66H,4-6,8,11,13-15,17,20,22-24,31-33,35,38,40-42,44,47,49-51,53-54,56-65H2,1-3H3/b10-7-,12-9-,19-16-,21-18-,28-25-,29-26-,30-27-,37-34-,39-36-,46-43-,48-45-,55-52-. The second kappa shape index (κ2) is 61.8. The second-order valence-electron chi connectivity index (χ2n) is 19.5. The number of carbonyl (C=O) groups excluding carboxylic acids is 3. The molecule has 1 atom stereocenters. The molecule has 6 nitrogen and oxygen atoms in total. The number of carbonyl (C=O) groups is 3. The van der Waals surface area contributed by atoms with Crippen molar-refractivity contribution < 1.29 is 28.6 Å². The number of hydrogen-bond donors (Lipinski definition) is 0. The highest BCUT2D eigenvalue weighted by Gasteiger charge is 2.19. The van der Waals surface area contributed by atoms with Crippen LogP contribution in [-0.2, 0) is 28.6 Å². The molecule has 422 valence electrons. The molecule has 6 heteroatoms. The maximum Gasteiger partial charge on any atom is 0.306 e. The van der Waals surface area contributed by atoms with Gasteiger partial charge in [-0.1, -0.05) is 250 Å². The van der Waals surface area contributed by atoms with E-state index in [-0.39, 0.29) is 44.0 Å². The summed E-state index contributed by atoms with van der Waals surface area (Å²) >= 11 is 0. The molecule has 0 bridgehead atoms. The fraction of sp³-hybridized carbons (Fsp3) is 0.609. The van der Waals surface area contributed by atoms with Gasteiger partial charge >= 0.3 is 17.9 Å². The van der Waals surface area contributed by atoms with Gasteiger partial charge in [0.05, 0.1) is 0 Å². The Morgan fingerprint density at radius 2 is 0.547 bits per heavy atom. The molecule has 0 saturated carbocycles. The van der Waals surface area contributed by atoms with Gasteiger partial charge < -0.3 is 14.2 Å². The van der Waals surface area contributed by atoms with Crippen molar-refractivity contribution in [1.29, 1.82) is 0 Å². The first-order valence-electron chi connectivity index (χ1n) is 30.3. The van der Waals surface area contributed by atoms with E-state index in [0.717, 1.165) is 109 Å². The SMILES string of the molecule is CC/C=C\C/C=C\C/C=C\C/C=C\C/C=C\C/C=C\CCC(=O)OCC(COC(=O)CCCCCCCCCCC/C=C\CCCCCCCC)OC(=O)CCCCC/C=C\C/C=C\C/C=C\C/C=C\C/C=C\CC. The summed E-state index contributed by atoms with van der Waals surface area (Å²) in [5, 5.41) is 0. The van der Waals surface area contributed by atoms with E-state index in [1.165, 1.54) is 89.9 Å². The Hall–Kier alpha value is -4.71. The maximum atomic E-state index is 12.9. The molecule has 0 aliphatic rings. The van der Waals surface area contributed by atoms with Gasteiger partial charge in [0.2, 0.25) is 0 Å². The summed E-state index contributed by atoms with van der Waals surface area (Å²) < 4.78 is 16.8. The monoisotopic (exact) mass is 1030 g/mol. The third-order valence-corrected chi connectivity index (χ3v) is 12.3. The van der Waals surface area contributed by atoms with Crippen LogP contribution in [0.5, 0.6) is 0 Å². The molecule has 0 aromatic heterocycles. The molecule has 0 N–H and O–H groups in total. The summed E-state index contributed by atoms with van der Waals surface area (Å²) in [5.41, 5.74) is 0. The van der Waals surface area contributed by atoms with Crippen LogP contribution >= 0.6 is 0 Å². The van der Waals surface area contributed by atoms with Gasteiger partial charge in [0.15, 0.2) is 6.10 Å². The largest absolute Gasteiger partial charge is 0.462 e. The van der Waals surface area contributed by atoms with Gasteiger partial charge in [0, 0.05) is 19.3 Å². The molecular weight excluding hydrogens is 925 g/mol. The lowest BCUT2D eigenvalue weighted by Gasteiger charge is -2.18. The normalized spacial score (nSPS) is 13.2. The average Bonchev–Trinajstić information content (AvgIpc) is 3.41. The summed E-state index contributed by atoms with van der Waals surface area (Å²) in [4.78, 5) is 38.2. The van der Waals surface area contributed by atoms with Crippen LogP contribution in [0, 0.1) is 0 Å². The molecule has 0 aliphatic carbocycles. The van der Waals surface area contributed by atoms with Crippen LogP contribution in [-0.4, -0.2) is 37.2 Å². The van der Waals surface area contributed by atoms with E-state index < -0.39 is 6.10 Å². The lowest BCUT2D eigenvalue weighted by Crippen LogP contribution is -2.30. The van der Waals surface area contributed by atoms with Crippen molar-refractivity contribution in [1.82, 2.24) is 0 Å². The van der Waals surface area contributed by atoms with Crippen LogP contribution in [0.4, 0.5) is 0 Å². The Labute approximate surface area is 461 Å². The van der Waals surface area contributed by atoms with Crippen LogP contribution in [0.1, 0.15) is 252 Å². The first-order chi connectivity index (χ1) is 37.0. The minimum absolute atomic E-state index is 0.121. The van der Waals surface area contributed by atoms with Crippen LogP contribution in [0.15, 0.2) is 146 Å². The Morgan fingerprint density at radius 3 is 0.920 bits per heavy atom. The zero-order valence-corrected chi connectivity index (χ0v) is 48.3. The quantitative estimate of drug-likeness (QED) is 0.0261. The van der Waals surface area contributed by atoms with E-state index in [1.807, 2.05) is 6.08 Å². The number of hydrogen-bond acceptors (Lipinski definition) is 6.